The summed E-state index contributed by atoms with van der Waals surface area (Å²) >= 11 is 0. The molecule has 1 aromatic carbocycles. The molecule has 0 heterocycles. The standard InChI is InChI=1S/C15H25NO4/c1-10(2)12(17)9-16-8-11-6-14(19-4)15(20-5)7-13(11)18-3/h6-7,10,12,16-17H,8-9H2,1-5H3. The molecule has 0 fully saturated rings. The van der Waals surface area contributed by atoms with E-state index in [0.717, 1.165) is 11.3 Å². The third kappa shape index (κ3) is 4.28. The summed E-state index contributed by atoms with van der Waals surface area (Å²) in [6, 6.07) is 3.68. The Morgan fingerprint density at radius 2 is 1.55 bits per heavy atom. The van der Waals surface area contributed by atoms with E-state index in [4.69, 9.17) is 14.2 Å². The number of nitrogens with one attached hydrogen (secondary N) is 1. The molecule has 1 atom stereocenters. The topological polar surface area (TPSA) is 60.0 Å². The van der Waals surface area contributed by atoms with Crippen LogP contribution >= 0.6 is 0 Å². The first-order valence-electron chi connectivity index (χ1n) is 6.71. The second kappa shape index (κ2) is 7.97. The molecule has 0 radical (unpaired) electrons. The van der Waals surface area contributed by atoms with E-state index >= 15 is 0 Å². The molecule has 1 aromatic rings. The van der Waals surface area contributed by atoms with Gasteiger partial charge in [0.2, 0.25) is 0 Å². The lowest BCUT2D eigenvalue weighted by Gasteiger charge is -2.17. The van der Waals surface area contributed by atoms with Crippen molar-refractivity contribution in [1.82, 2.24) is 5.32 Å². The minimum atomic E-state index is -0.360. The van der Waals surface area contributed by atoms with Crippen molar-refractivity contribution >= 4 is 0 Å². The van der Waals surface area contributed by atoms with E-state index in [1.165, 1.54) is 0 Å². The summed E-state index contributed by atoms with van der Waals surface area (Å²) in [6.07, 6.45) is -0.360. The number of benzene rings is 1. The van der Waals surface area contributed by atoms with Gasteiger partial charge in [-0.3, -0.25) is 0 Å². The van der Waals surface area contributed by atoms with Crippen molar-refractivity contribution in [2.75, 3.05) is 27.9 Å². The summed E-state index contributed by atoms with van der Waals surface area (Å²) in [7, 11) is 4.81. The number of hydrogen-bond acceptors (Lipinski definition) is 5. The van der Waals surface area contributed by atoms with Gasteiger partial charge in [0.25, 0.3) is 0 Å². The van der Waals surface area contributed by atoms with E-state index in [2.05, 4.69) is 5.32 Å². The number of rotatable bonds is 8. The van der Waals surface area contributed by atoms with Crippen LogP contribution < -0.4 is 19.5 Å². The number of methoxy groups -OCH3 is 3. The summed E-state index contributed by atoms with van der Waals surface area (Å²) in [5.41, 5.74) is 0.959. The molecule has 5 heteroatoms. The Labute approximate surface area is 120 Å². The Bertz CT molecular complexity index is 421. The zero-order chi connectivity index (χ0) is 15.1. The van der Waals surface area contributed by atoms with E-state index in [1.807, 2.05) is 19.9 Å². The Morgan fingerprint density at radius 3 is 2.05 bits per heavy atom. The predicted molar refractivity (Wildman–Crippen MR) is 78.6 cm³/mol. The van der Waals surface area contributed by atoms with Crippen molar-refractivity contribution in [3.8, 4) is 17.2 Å². The highest BCUT2D eigenvalue weighted by atomic mass is 16.5. The maximum Gasteiger partial charge on any atom is 0.164 e. The average Bonchev–Trinajstić information content (AvgIpc) is 2.46. The van der Waals surface area contributed by atoms with Crippen molar-refractivity contribution < 1.29 is 19.3 Å². The normalized spacial score (nSPS) is 12.3. The van der Waals surface area contributed by atoms with E-state index in [0.29, 0.717) is 24.6 Å². The molecule has 0 aliphatic heterocycles. The Kier molecular flexibility index (Phi) is 6.61. The van der Waals surface area contributed by atoms with Gasteiger partial charge in [-0.05, 0) is 12.0 Å². The summed E-state index contributed by atoms with van der Waals surface area (Å²) < 4.78 is 15.9. The van der Waals surface area contributed by atoms with Crippen LogP contribution in [0.3, 0.4) is 0 Å². The van der Waals surface area contributed by atoms with Crippen LogP contribution in [0.15, 0.2) is 12.1 Å². The second-order valence-corrected chi connectivity index (χ2v) is 4.96. The molecule has 0 bridgehead atoms. The highest BCUT2D eigenvalue weighted by Gasteiger charge is 2.13. The summed E-state index contributed by atoms with van der Waals surface area (Å²) in [5, 5.41) is 13.0. The lowest BCUT2D eigenvalue weighted by molar-refractivity contribution is 0.123. The van der Waals surface area contributed by atoms with Crippen LogP contribution in [0.2, 0.25) is 0 Å². The van der Waals surface area contributed by atoms with Crippen LogP contribution in [0.1, 0.15) is 19.4 Å². The lowest BCUT2D eigenvalue weighted by Crippen LogP contribution is -2.30. The van der Waals surface area contributed by atoms with Gasteiger partial charge in [-0.15, -0.1) is 0 Å². The van der Waals surface area contributed by atoms with Crippen molar-refractivity contribution in [3.63, 3.8) is 0 Å². The third-order valence-electron chi connectivity index (χ3n) is 3.23. The van der Waals surface area contributed by atoms with Crippen LogP contribution in [0.4, 0.5) is 0 Å². The van der Waals surface area contributed by atoms with E-state index < -0.39 is 0 Å². The smallest absolute Gasteiger partial charge is 0.164 e. The molecule has 0 saturated heterocycles. The fraction of sp³-hybridized carbons (Fsp3) is 0.600. The first-order chi connectivity index (χ1) is 9.53. The minimum absolute atomic E-state index is 0.231. The van der Waals surface area contributed by atoms with Crippen molar-refractivity contribution in [2.24, 2.45) is 5.92 Å². The van der Waals surface area contributed by atoms with E-state index in [1.54, 1.807) is 27.4 Å². The number of ether oxygens (including phenoxy) is 3. The van der Waals surface area contributed by atoms with Crippen LogP contribution in [0, 0.1) is 5.92 Å². The zero-order valence-electron chi connectivity index (χ0n) is 12.9. The van der Waals surface area contributed by atoms with E-state index in [-0.39, 0.29) is 12.0 Å². The molecule has 1 rings (SSSR count). The van der Waals surface area contributed by atoms with Crippen molar-refractivity contribution in [1.29, 1.82) is 0 Å². The second-order valence-electron chi connectivity index (χ2n) is 4.96. The Morgan fingerprint density at radius 1 is 1.00 bits per heavy atom. The molecule has 0 aliphatic rings. The molecule has 0 amide bonds. The van der Waals surface area contributed by atoms with Gasteiger partial charge in [0.15, 0.2) is 11.5 Å². The van der Waals surface area contributed by atoms with Gasteiger partial charge in [0.05, 0.1) is 27.4 Å². The molecule has 0 aromatic heterocycles. The highest BCUT2D eigenvalue weighted by Crippen LogP contribution is 2.34. The van der Waals surface area contributed by atoms with Crippen LogP contribution in [-0.2, 0) is 6.54 Å². The third-order valence-corrected chi connectivity index (χ3v) is 3.23. The van der Waals surface area contributed by atoms with Crippen molar-refractivity contribution in [2.45, 2.75) is 26.5 Å². The highest BCUT2D eigenvalue weighted by molar-refractivity contribution is 5.50. The van der Waals surface area contributed by atoms with Gasteiger partial charge in [-0.2, -0.15) is 0 Å². The summed E-state index contributed by atoms with van der Waals surface area (Å²) in [5.74, 6) is 2.26. The van der Waals surface area contributed by atoms with Crippen LogP contribution in [0.25, 0.3) is 0 Å². The van der Waals surface area contributed by atoms with Gasteiger partial charge in [0, 0.05) is 24.7 Å². The lowest BCUT2D eigenvalue weighted by atomic mass is 10.1. The quantitative estimate of drug-likeness (QED) is 0.762. The molecule has 0 aliphatic carbocycles. The first kappa shape index (κ1) is 16.6. The zero-order valence-corrected chi connectivity index (χ0v) is 12.9. The van der Waals surface area contributed by atoms with Gasteiger partial charge in [-0.1, -0.05) is 13.8 Å². The van der Waals surface area contributed by atoms with Crippen LogP contribution in [0.5, 0.6) is 17.2 Å². The average molecular weight is 283 g/mol. The fourth-order valence-corrected chi connectivity index (χ4v) is 1.82. The number of aliphatic hydroxyl groups is 1. The molecular formula is C15H25NO4. The molecule has 2 N–H and O–H groups in total. The maximum atomic E-state index is 9.78. The van der Waals surface area contributed by atoms with Gasteiger partial charge >= 0.3 is 0 Å². The molecule has 5 nitrogen and oxygen atoms in total. The Hall–Kier alpha value is -1.46. The monoisotopic (exact) mass is 283 g/mol. The number of aliphatic hydroxyl groups excluding tert-OH is 1. The van der Waals surface area contributed by atoms with Gasteiger partial charge in [0.1, 0.15) is 5.75 Å². The maximum absolute atomic E-state index is 9.78. The SMILES string of the molecule is COc1cc(OC)c(OC)cc1CNCC(O)C(C)C. The van der Waals surface area contributed by atoms with Gasteiger partial charge < -0.3 is 24.6 Å². The van der Waals surface area contributed by atoms with E-state index in [9.17, 15) is 5.11 Å². The summed E-state index contributed by atoms with van der Waals surface area (Å²) in [4.78, 5) is 0. The molecule has 20 heavy (non-hydrogen) atoms. The fourth-order valence-electron chi connectivity index (χ4n) is 1.82. The molecular weight excluding hydrogens is 258 g/mol. The number of hydrogen-bond donors (Lipinski definition) is 2. The Balaban J connectivity index is 2.78. The van der Waals surface area contributed by atoms with Crippen molar-refractivity contribution in [3.05, 3.63) is 17.7 Å². The van der Waals surface area contributed by atoms with Gasteiger partial charge in [-0.25, -0.2) is 0 Å². The molecule has 114 valence electrons. The summed E-state index contributed by atoms with van der Waals surface area (Å²) in [6.45, 7) is 5.11. The molecule has 1 unspecified atom stereocenters. The molecule has 0 spiro atoms. The largest absolute Gasteiger partial charge is 0.496 e. The minimum Gasteiger partial charge on any atom is -0.496 e. The van der Waals surface area contributed by atoms with Crippen LogP contribution in [-0.4, -0.2) is 39.1 Å². The predicted octanol–water partition coefficient (Wildman–Crippen LogP) is 1.82. The first-order valence-corrected chi connectivity index (χ1v) is 6.71. The molecule has 0 saturated carbocycles.